The maximum absolute atomic E-state index is 10.6. The highest BCUT2D eigenvalue weighted by atomic mass is 35.5. The number of nitro groups is 1. The minimum atomic E-state index is -0.626. The zero-order valence-electron chi connectivity index (χ0n) is 10.1. The van der Waals surface area contributed by atoms with Crippen LogP contribution in [0.1, 0.15) is 12.6 Å². The Morgan fingerprint density at radius 2 is 2.26 bits per heavy atom. The number of hydrogen-bond donors (Lipinski definition) is 1. The fourth-order valence-electron chi connectivity index (χ4n) is 1.47. The van der Waals surface area contributed by atoms with Gasteiger partial charge in [-0.1, -0.05) is 11.6 Å². The molecule has 2 heterocycles. The van der Waals surface area contributed by atoms with Gasteiger partial charge in [-0.15, -0.1) is 0 Å². The first-order valence-electron chi connectivity index (χ1n) is 5.52. The van der Waals surface area contributed by atoms with Gasteiger partial charge in [-0.25, -0.2) is 4.98 Å². The van der Waals surface area contributed by atoms with E-state index in [0.29, 0.717) is 11.5 Å². The van der Waals surface area contributed by atoms with Gasteiger partial charge >= 0.3 is 5.82 Å². The summed E-state index contributed by atoms with van der Waals surface area (Å²) in [5.74, 6) is 0.314. The molecule has 0 radical (unpaired) electrons. The standard InChI is InChI=1S/C10H11ClN6O2/c1-2-12-9-4-13-7(3-14-9)5-16-6-8(11)10(15-16)17(18)19/h3-4,6H,2,5H2,1H3,(H,12,14). The molecule has 0 aliphatic heterocycles. The van der Waals surface area contributed by atoms with Crippen molar-refractivity contribution < 1.29 is 4.92 Å². The molecule has 0 amide bonds. The molecule has 2 aromatic heterocycles. The second-order valence-corrected chi connectivity index (χ2v) is 4.09. The van der Waals surface area contributed by atoms with Gasteiger partial charge in [0.1, 0.15) is 12.4 Å². The van der Waals surface area contributed by atoms with Gasteiger partial charge < -0.3 is 15.4 Å². The molecule has 0 fully saturated rings. The van der Waals surface area contributed by atoms with Crippen LogP contribution in [0.2, 0.25) is 5.02 Å². The Morgan fingerprint density at radius 1 is 1.47 bits per heavy atom. The van der Waals surface area contributed by atoms with Gasteiger partial charge in [0.15, 0.2) is 5.02 Å². The molecule has 0 saturated heterocycles. The minimum Gasteiger partial charge on any atom is -0.369 e. The Balaban J connectivity index is 2.12. The van der Waals surface area contributed by atoms with Crippen molar-refractivity contribution >= 4 is 23.2 Å². The second kappa shape index (κ2) is 5.61. The van der Waals surface area contributed by atoms with Crippen LogP contribution >= 0.6 is 11.6 Å². The molecule has 0 aromatic carbocycles. The third-order valence-electron chi connectivity index (χ3n) is 2.26. The monoisotopic (exact) mass is 282 g/mol. The molecule has 2 aromatic rings. The summed E-state index contributed by atoms with van der Waals surface area (Å²) in [5.41, 5.74) is 0.635. The Kier molecular flexibility index (Phi) is 3.91. The second-order valence-electron chi connectivity index (χ2n) is 3.68. The summed E-state index contributed by atoms with van der Waals surface area (Å²) in [7, 11) is 0. The molecule has 0 aliphatic carbocycles. The molecule has 9 heteroatoms. The molecular weight excluding hydrogens is 272 g/mol. The SMILES string of the molecule is CCNc1cnc(Cn2cc(Cl)c([N+](=O)[O-])n2)cn1. The number of aromatic nitrogens is 4. The van der Waals surface area contributed by atoms with Crippen LogP contribution in [0.3, 0.4) is 0 Å². The summed E-state index contributed by atoms with van der Waals surface area (Å²) in [6.45, 7) is 2.99. The predicted molar refractivity (Wildman–Crippen MR) is 69.2 cm³/mol. The molecule has 2 rings (SSSR count). The molecule has 0 aliphatic rings. The van der Waals surface area contributed by atoms with Gasteiger partial charge in [-0.2, -0.15) is 4.68 Å². The van der Waals surface area contributed by atoms with Crippen LogP contribution < -0.4 is 5.32 Å². The van der Waals surface area contributed by atoms with Crippen molar-refractivity contribution in [3.63, 3.8) is 0 Å². The smallest absolute Gasteiger partial charge is 0.369 e. The summed E-state index contributed by atoms with van der Waals surface area (Å²) >= 11 is 5.70. The van der Waals surface area contributed by atoms with E-state index in [9.17, 15) is 10.1 Å². The lowest BCUT2D eigenvalue weighted by Gasteiger charge is -2.02. The first-order valence-corrected chi connectivity index (χ1v) is 5.90. The van der Waals surface area contributed by atoms with Crippen molar-refractivity contribution in [1.29, 1.82) is 0 Å². The third kappa shape index (κ3) is 3.16. The highest BCUT2D eigenvalue weighted by molar-refractivity contribution is 6.32. The molecular formula is C10H11ClN6O2. The first kappa shape index (κ1) is 13.2. The van der Waals surface area contributed by atoms with Crippen molar-refractivity contribution in [3.05, 3.63) is 39.4 Å². The Labute approximate surface area is 113 Å². The number of halogens is 1. The molecule has 19 heavy (non-hydrogen) atoms. The number of anilines is 1. The number of rotatable bonds is 5. The summed E-state index contributed by atoms with van der Waals surface area (Å²) < 4.78 is 1.36. The van der Waals surface area contributed by atoms with Crippen molar-refractivity contribution in [3.8, 4) is 0 Å². The Morgan fingerprint density at radius 3 is 2.79 bits per heavy atom. The Hall–Kier alpha value is -2.22. The van der Waals surface area contributed by atoms with Gasteiger partial charge in [0.05, 0.1) is 29.4 Å². The average Bonchev–Trinajstić information content (AvgIpc) is 2.73. The van der Waals surface area contributed by atoms with Crippen LogP contribution in [-0.2, 0) is 6.54 Å². The van der Waals surface area contributed by atoms with E-state index in [1.165, 1.54) is 10.9 Å². The highest BCUT2D eigenvalue weighted by Gasteiger charge is 2.19. The molecule has 0 spiro atoms. The van der Waals surface area contributed by atoms with Gasteiger partial charge in [0, 0.05) is 6.54 Å². The number of nitrogens with zero attached hydrogens (tertiary/aromatic N) is 5. The van der Waals surface area contributed by atoms with Crippen LogP contribution in [0, 0.1) is 10.1 Å². The van der Waals surface area contributed by atoms with E-state index in [4.69, 9.17) is 11.6 Å². The van der Waals surface area contributed by atoms with Crippen LogP contribution in [0.5, 0.6) is 0 Å². The van der Waals surface area contributed by atoms with Crippen LogP contribution in [0.15, 0.2) is 18.6 Å². The van der Waals surface area contributed by atoms with Gasteiger partial charge in [-0.05, 0) is 11.8 Å². The summed E-state index contributed by atoms with van der Waals surface area (Å²) in [4.78, 5) is 18.3. The lowest BCUT2D eigenvalue weighted by Crippen LogP contribution is -2.05. The first-order chi connectivity index (χ1) is 9.10. The van der Waals surface area contributed by atoms with E-state index in [1.54, 1.807) is 12.4 Å². The largest absolute Gasteiger partial charge is 0.408 e. The molecule has 1 N–H and O–H groups in total. The average molecular weight is 283 g/mol. The molecule has 0 atom stereocenters. The van der Waals surface area contributed by atoms with Gasteiger partial charge in [0.25, 0.3) is 0 Å². The quantitative estimate of drug-likeness (QED) is 0.662. The van der Waals surface area contributed by atoms with Crippen molar-refractivity contribution in [2.75, 3.05) is 11.9 Å². The van der Waals surface area contributed by atoms with E-state index in [2.05, 4.69) is 20.4 Å². The fourth-order valence-corrected chi connectivity index (χ4v) is 1.69. The van der Waals surface area contributed by atoms with Crippen molar-refractivity contribution in [1.82, 2.24) is 19.7 Å². The van der Waals surface area contributed by atoms with Crippen LogP contribution in [0.25, 0.3) is 0 Å². The third-order valence-corrected chi connectivity index (χ3v) is 2.53. The predicted octanol–water partition coefficient (Wildman–Crippen LogP) is 1.71. The van der Waals surface area contributed by atoms with E-state index < -0.39 is 4.92 Å². The lowest BCUT2D eigenvalue weighted by molar-refractivity contribution is -0.389. The lowest BCUT2D eigenvalue weighted by atomic mass is 10.4. The molecule has 8 nitrogen and oxygen atoms in total. The van der Waals surface area contributed by atoms with E-state index in [-0.39, 0.29) is 17.4 Å². The van der Waals surface area contributed by atoms with E-state index in [0.717, 1.165) is 6.54 Å². The van der Waals surface area contributed by atoms with Crippen LogP contribution in [0.4, 0.5) is 11.6 Å². The molecule has 100 valence electrons. The number of hydrogen-bond acceptors (Lipinski definition) is 6. The topological polar surface area (TPSA) is 98.8 Å². The minimum absolute atomic E-state index is 0.00206. The maximum Gasteiger partial charge on any atom is 0.408 e. The molecule has 0 saturated carbocycles. The fraction of sp³-hybridized carbons (Fsp3) is 0.300. The van der Waals surface area contributed by atoms with Crippen molar-refractivity contribution in [2.24, 2.45) is 0 Å². The van der Waals surface area contributed by atoms with Crippen molar-refractivity contribution in [2.45, 2.75) is 13.5 Å². The van der Waals surface area contributed by atoms with Gasteiger partial charge in [0.2, 0.25) is 0 Å². The molecule has 0 unspecified atom stereocenters. The maximum atomic E-state index is 10.6. The molecule has 0 bridgehead atoms. The van der Waals surface area contributed by atoms with E-state index in [1.807, 2.05) is 6.92 Å². The zero-order valence-corrected chi connectivity index (χ0v) is 10.8. The summed E-state index contributed by atoms with van der Waals surface area (Å²) in [5, 5.41) is 17.4. The summed E-state index contributed by atoms with van der Waals surface area (Å²) in [6.07, 6.45) is 4.57. The normalized spacial score (nSPS) is 10.4. The van der Waals surface area contributed by atoms with Gasteiger partial charge in [-0.3, -0.25) is 4.98 Å². The number of nitrogens with one attached hydrogen (secondary N) is 1. The zero-order chi connectivity index (χ0) is 13.8. The summed E-state index contributed by atoms with van der Waals surface area (Å²) in [6, 6.07) is 0. The Bertz CT molecular complexity index is 582. The highest BCUT2D eigenvalue weighted by Crippen LogP contribution is 2.21. The van der Waals surface area contributed by atoms with E-state index >= 15 is 0 Å². The van der Waals surface area contributed by atoms with Crippen LogP contribution in [-0.4, -0.2) is 31.2 Å².